The van der Waals surface area contributed by atoms with Crippen LogP contribution in [0, 0.1) is 6.92 Å². The molecule has 0 spiro atoms. The van der Waals surface area contributed by atoms with Gasteiger partial charge in [0.05, 0.1) is 28.2 Å². The Balaban J connectivity index is 1.25. The Labute approximate surface area is 171 Å². The van der Waals surface area contributed by atoms with Crippen LogP contribution in [0.3, 0.4) is 0 Å². The molecule has 0 unspecified atom stereocenters. The lowest BCUT2D eigenvalue weighted by Crippen LogP contribution is -2.49. The summed E-state index contributed by atoms with van der Waals surface area (Å²) in [6, 6.07) is 9.86. The summed E-state index contributed by atoms with van der Waals surface area (Å²) < 4.78 is 1.08. The van der Waals surface area contributed by atoms with Gasteiger partial charge in [0.25, 0.3) is 0 Å². The molecule has 0 bridgehead atoms. The largest absolute Gasteiger partial charge is 0.301 e. The van der Waals surface area contributed by atoms with E-state index in [2.05, 4.69) is 26.2 Å². The van der Waals surface area contributed by atoms with E-state index in [0.29, 0.717) is 18.2 Å². The summed E-state index contributed by atoms with van der Waals surface area (Å²) in [6.45, 7) is 6.00. The Bertz CT molecular complexity index is 975. The number of carbonyl (C=O) groups excluding carboxylic acids is 2. The van der Waals surface area contributed by atoms with E-state index in [4.69, 9.17) is 0 Å². The summed E-state index contributed by atoms with van der Waals surface area (Å²) in [6.07, 6.45) is 0. The predicted molar refractivity (Wildman–Crippen MR) is 115 cm³/mol. The fourth-order valence-electron chi connectivity index (χ4n) is 3.27. The lowest BCUT2D eigenvalue weighted by atomic mass is 10.2. The zero-order chi connectivity index (χ0) is 19.5. The Hall–Kier alpha value is -2.13. The molecule has 0 atom stereocenters. The third-order valence-corrected chi connectivity index (χ3v) is 6.63. The van der Waals surface area contributed by atoms with Crippen LogP contribution in [-0.2, 0) is 4.79 Å². The number of nitrogens with zero attached hydrogens (tertiary/aromatic N) is 3. The molecule has 0 radical (unpaired) electrons. The number of amides is 1. The van der Waals surface area contributed by atoms with Crippen LogP contribution in [0.15, 0.2) is 35.7 Å². The first-order valence-electron chi connectivity index (χ1n) is 9.25. The van der Waals surface area contributed by atoms with Crippen LogP contribution >= 0.6 is 22.7 Å². The lowest BCUT2D eigenvalue weighted by Gasteiger charge is -2.33. The SMILES string of the molecule is Cc1ccc2nc(NC(=O)CN3CCN(CC(=O)c4cccs4)CC3)sc2c1. The Morgan fingerprint density at radius 3 is 2.57 bits per heavy atom. The van der Waals surface area contributed by atoms with Crippen molar-refractivity contribution in [3.8, 4) is 0 Å². The third-order valence-electron chi connectivity index (χ3n) is 4.79. The topological polar surface area (TPSA) is 65.5 Å². The highest BCUT2D eigenvalue weighted by atomic mass is 32.1. The molecule has 28 heavy (non-hydrogen) atoms. The normalized spacial score (nSPS) is 15.8. The second-order valence-electron chi connectivity index (χ2n) is 6.99. The number of hydrogen-bond acceptors (Lipinski definition) is 7. The zero-order valence-corrected chi connectivity index (χ0v) is 17.3. The van der Waals surface area contributed by atoms with E-state index in [1.165, 1.54) is 28.2 Å². The molecule has 4 rings (SSSR count). The molecular weight excluding hydrogens is 392 g/mol. The van der Waals surface area contributed by atoms with E-state index in [0.717, 1.165) is 41.3 Å². The van der Waals surface area contributed by atoms with Gasteiger partial charge in [-0.25, -0.2) is 4.98 Å². The molecule has 1 aliphatic heterocycles. The highest BCUT2D eigenvalue weighted by Crippen LogP contribution is 2.26. The summed E-state index contributed by atoms with van der Waals surface area (Å²) >= 11 is 2.99. The van der Waals surface area contributed by atoms with Crippen LogP contribution in [0.1, 0.15) is 15.2 Å². The van der Waals surface area contributed by atoms with Gasteiger partial charge in [-0.1, -0.05) is 23.5 Å². The van der Waals surface area contributed by atoms with Crippen LogP contribution in [0.5, 0.6) is 0 Å². The molecule has 1 N–H and O–H groups in total. The summed E-state index contributed by atoms with van der Waals surface area (Å²) in [7, 11) is 0. The number of ketones is 1. The smallest absolute Gasteiger partial charge is 0.240 e. The molecule has 0 saturated carbocycles. The number of carbonyl (C=O) groups is 2. The molecule has 1 aromatic carbocycles. The molecule has 1 amide bonds. The van der Waals surface area contributed by atoms with Gasteiger partial charge in [-0.3, -0.25) is 19.4 Å². The highest BCUT2D eigenvalue weighted by Gasteiger charge is 2.21. The Kier molecular flexibility index (Phi) is 5.82. The minimum atomic E-state index is -0.0427. The molecule has 3 aromatic rings. The first-order valence-corrected chi connectivity index (χ1v) is 10.9. The van der Waals surface area contributed by atoms with Gasteiger partial charge < -0.3 is 5.32 Å². The number of Topliss-reactive ketones (excluding diaryl/α,β-unsaturated/α-hetero) is 1. The van der Waals surface area contributed by atoms with Crippen molar-refractivity contribution in [1.82, 2.24) is 14.8 Å². The van der Waals surface area contributed by atoms with Gasteiger partial charge in [0, 0.05) is 26.2 Å². The van der Waals surface area contributed by atoms with Crippen molar-refractivity contribution >= 4 is 49.7 Å². The van der Waals surface area contributed by atoms with E-state index in [1.54, 1.807) is 0 Å². The maximum Gasteiger partial charge on any atom is 0.240 e. The number of aryl methyl sites for hydroxylation is 1. The number of thiazole rings is 1. The lowest BCUT2D eigenvalue weighted by molar-refractivity contribution is -0.117. The van der Waals surface area contributed by atoms with Gasteiger partial charge in [0.2, 0.25) is 5.91 Å². The number of nitrogens with one attached hydrogen (secondary N) is 1. The molecule has 1 fully saturated rings. The van der Waals surface area contributed by atoms with Gasteiger partial charge >= 0.3 is 0 Å². The summed E-state index contributed by atoms with van der Waals surface area (Å²) in [5, 5.41) is 5.49. The molecule has 2 aromatic heterocycles. The van der Waals surface area contributed by atoms with Crippen molar-refractivity contribution < 1.29 is 9.59 Å². The molecule has 1 aliphatic rings. The zero-order valence-electron chi connectivity index (χ0n) is 15.7. The maximum atomic E-state index is 12.4. The van der Waals surface area contributed by atoms with Crippen molar-refractivity contribution in [3.63, 3.8) is 0 Å². The van der Waals surface area contributed by atoms with Gasteiger partial charge in [-0.05, 0) is 36.1 Å². The first-order chi connectivity index (χ1) is 13.6. The number of rotatable bonds is 6. The number of thiophene rings is 1. The van der Waals surface area contributed by atoms with E-state index >= 15 is 0 Å². The fraction of sp³-hybridized carbons (Fsp3) is 0.350. The molecule has 3 heterocycles. The average Bonchev–Trinajstić information content (AvgIpc) is 3.32. The molecule has 8 heteroatoms. The fourth-order valence-corrected chi connectivity index (χ4v) is 4.91. The minimum Gasteiger partial charge on any atom is -0.301 e. The van der Waals surface area contributed by atoms with Crippen molar-refractivity contribution in [2.45, 2.75) is 6.92 Å². The monoisotopic (exact) mass is 414 g/mol. The number of piperazine rings is 1. The molecule has 1 saturated heterocycles. The third kappa shape index (κ3) is 4.64. The summed E-state index contributed by atoms with van der Waals surface area (Å²) in [5.74, 6) is 0.131. The quantitative estimate of drug-likeness (QED) is 0.628. The number of aromatic nitrogens is 1. The number of anilines is 1. The van der Waals surface area contributed by atoms with Gasteiger partial charge in [-0.15, -0.1) is 11.3 Å². The predicted octanol–water partition coefficient (Wildman–Crippen LogP) is 3.11. The number of hydrogen-bond donors (Lipinski definition) is 1. The van der Waals surface area contributed by atoms with Gasteiger partial charge in [0.15, 0.2) is 10.9 Å². The number of fused-ring (bicyclic) bond motifs is 1. The summed E-state index contributed by atoms with van der Waals surface area (Å²) in [4.78, 5) is 34.2. The molecular formula is C20H22N4O2S2. The second-order valence-corrected chi connectivity index (χ2v) is 8.97. The highest BCUT2D eigenvalue weighted by molar-refractivity contribution is 7.22. The van der Waals surface area contributed by atoms with Crippen LogP contribution in [0.25, 0.3) is 10.2 Å². The average molecular weight is 415 g/mol. The van der Waals surface area contributed by atoms with Crippen molar-refractivity contribution in [2.24, 2.45) is 0 Å². The van der Waals surface area contributed by atoms with Crippen molar-refractivity contribution in [1.29, 1.82) is 0 Å². The molecule has 146 valence electrons. The Morgan fingerprint density at radius 2 is 1.86 bits per heavy atom. The van der Waals surface area contributed by atoms with Crippen LogP contribution in [-0.4, -0.2) is 65.7 Å². The standard InChI is InChI=1S/C20H22N4O2S2/c1-14-4-5-15-18(11-14)28-20(21-15)22-19(26)13-24-8-6-23(7-9-24)12-16(25)17-3-2-10-27-17/h2-5,10-11H,6-9,12-13H2,1H3,(H,21,22,26). The molecule has 0 aliphatic carbocycles. The summed E-state index contributed by atoms with van der Waals surface area (Å²) in [5.41, 5.74) is 2.10. The van der Waals surface area contributed by atoms with Crippen LogP contribution in [0.2, 0.25) is 0 Å². The Morgan fingerprint density at radius 1 is 1.11 bits per heavy atom. The first kappa shape index (κ1) is 19.2. The van der Waals surface area contributed by atoms with Gasteiger partial charge in [-0.2, -0.15) is 0 Å². The van der Waals surface area contributed by atoms with Crippen molar-refractivity contribution in [3.05, 3.63) is 46.2 Å². The van der Waals surface area contributed by atoms with E-state index in [9.17, 15) is 9.59 Å². The number of benzene rings is 1. The van der Waals surface area contributed by atoms with E-state index in [-0.39, 0.29) is 11.7 Å². The van der Waals surface area contributed by atoms with Crippen LogP contribution < -0.4 is 5.32 Å². The molecule has 6 nitrogen and oxygen atoms in total. The van der Waals surface area contributed by atoms with E-state index in [1.807, 2.05) is 36.6 Å². The van der Waals surface area contributed by atoms with Crippen molar-refractivity contribution in [2.75, 3.05) is 44.6 Å². The van der Waals surface area contributed by atoms with E-state index < -0.39 is 0 Å². The van der Waals surface area contributed by atoms with Crippen LogP contribution in [0.4, 0.5) is 5.13 Å². The minimum absolute atomic E-state index is 0.0427. The second kappa shape index (κ2) is 8.48. The maximum absolute atomic E-state index is 12.4. The van der Waals surface area contributed by atoms with Gasteiger partial charge in [0.1, 0.15) is 0 Å².